The molecule has 2 aromatic rings. The molecule has 5 nitrogen and oxygen atoms in total. The fourth-order valence-electron chi connectivity index (χ4n) is 2.60. The van der Waals surface area contributed by atoms with E-state index in [4.69, 9.17) is 4.42 Å². The predicted molar refractivity (Wildman–Crippen MR) is 97.2 cm³/mol. The van der Waals surface area contributed by atoms with E-state index in [1.165, 1.54) is 18.1 Å². The number of carbonyl (C=O) groups is 2. The minimum Gasteiger partial charge on any atom is -0.472 e. The predicted octanol–water partition coefficient (Wildman–Crippen LogP) is 3.13. The van der Waals surface area contributed by atoms with Gasteiger partial charge < -0.3 is 14.6 Å². The van der Waals surface area contributed by atoms with Gasteiger partial charge in [0, 0.05) is 26.1 Å². The van der Waals surface area contributed by atoms with Crippen molar-refractivity contribution in [3.05, 3.63) is 60.1 Å². The van der Waals surface area contributed by atoms with E-state index in [9.17, 15) is 9.59 Å². The quantitative estimate of drug-likeness (QED) is 0.761. The molecule has 0 unspecified atom stereocenters. The summed E-state index contributed by atoms with van der Waals surface area (Å²) >= 11 is 0. The summed E-state index contributed by atoms with van der Waals surface area (Å²) in [6.45, 7) is 5.72. The van der Waals surface area contributed by atoms with E-state index >= 15 is 0 Å². The van der Waals surface area contributed by atoms with Gasteiger partial charge in [-0.15, -0.1) is 0 Å². The van der Waals surface area contributed by atoms with Crippen LogP contribution in [0.5, 0.6) is 0 Å². The Balaban J connectivity index is 1.78. The van der Waals surface area contributed by atoms with Crippen molar-refractivity contribution in [3.63, 3.8) is 0 Å². The van der Waals surface area contributed by atoms with Gasteiger partial charge in [0.05, 0.1) is 11.8 Å². The van der Waals surface area contributed by atoms with E-state index in [0.717, 1.165) is 6.42 Å². The van der Waals surface area contributed by atoms with Crippen LogP contribution in [0.25, 0.3) is 0 Å². The Morgan fingerprint density at radius 1 is 1.16 bits per heavy atom. The van der Waals surface area contributed by atoms with Crippen LogP contribution in [0.4, 0.5) is 0 Å². The molecule has 0 bridgehead atoms. The Morgan fingerprint density at radius 2 is 1.92 bits per heavy atom. The highest BCUT2D eigenvalue weighted by Gasteiger charge is 2.18. The second-order valence-corrected chi connectivity index (χ2v) is 6.49. The Labute approximate surface area is 149 Å². The minimum atomic E-state index is -0.0977. The first kappa shape index (κ1) is 18.8. The topological polar surface area (TPSA) is 62.6 Å². The fraction of sp³-hybridized carbons (Fsp3) is 0.400. The zero-order valence-electron chi connectivity index (χ0n) is 14.9. The van der Waals surface area contributed by atoms with Crippen molar-refractivity contribution in [1.29, 1.82) is 0 Å². The number of carbonyl (C=O) groups excluding carboxylic acids is 2. The summed E-state index contributed by atoms with van der Waals surface area (Å²) < 4.78 is 4.98. The smallest absolute Gasteiger partial charge is 0.257 e. The number of hydrogen-bond acceptors (Lipinski definition) is 3. The van der Waals surface area contributed by atoms with Crippen molar-refractivity contribution in [1.82, 2.24) is 10.2 Å². The summed E-state index contributed by atoms with van der Waals surface area (Å²) in [7, 11) is 0. The molecule has 1 N–H and O–H groups in total. The molecule has 1 heterocycles. The molecule has 0 saturated carbocycles. The van der Waals surface area contributed by atoms with Gasteiger partial charge in [-0.25, -0.2) is 0 Å². The van der Waals surface area contributed by atoms with Crippen LogP contribution in [-0.2, 0) is 11.2 Å². The molecule has 1 aromatic carbocycles. The lowest BCUT2D eigenvalue weighted by Gasteiger charge is -2.24. The molecule has 0 saturated heterocycles. The van der Waals surface area contributed by atoms with Gasteiger partial charge >= 0.3 is 0 Å². The molecular weight excluding hydrogens is 316 g/mol. The Hall–Kier alpha value is -2.56. The number of benzene rings is 1. The van der Waals surface area contributed by atoms with Crippen LogP contribution < -0.4 is 5.32 Å². The zero-order chi connectivity index (χ0) is 18.1. The first-order valence-corrected chi connectivity index (χ1v) is 8.68. The molecule has 134 valence electrons. The summed E-state index contributed by atoms with van der Waals surface area (Å²) in [5.41, 5.74) is 1.71. The standard InChI is InChI=1S/C20H26N2O3/c1-16(2)14-22(20(24)18-10-13-25-15-18)12-9-19(23)21-11-8-17-6-4-3-5-7-17/h3-7,10,13,15-16H,8-9,11-12,14H2,1-2H3,(H,21,23). The molecule has 0 aliphatic rings. The van der Waals surface area contributed by atoms with Crippen LogP contribution in [0.3, 0.4) is 0 Å². The van der Waals surface area contributed by atoms with E-state index < -0.39 is 0 Å². The molecule has 0 fully saturated rings. The summed E-state index contributed by atoms with van der Waals surface area (Å²) in [6.07, 6.45) is 4.02. The highest BCUT2D eigenvalue weighted by Crippen LogP contribution is 2.09. The number of furan rings is 1. The number of nitrogens with zero attached hydrogens (tertiary/aromatic N) is 1. The maximum Gasteiger partial charge on any atom is 0.257 e. The average molecular weight is 342 g/mol. The second-order valence-electron chi connectivity index (χ2n) is 6.49. The number of rotatable bonds is 9. The van der Waals surface area contributed by atoms with Crippen molar-refractivity contribution in [3.8, 4) is 0 Å². The normalized spacial score (nSPS) is 10.7. The van der Waals surface area contributed by atoms with Gasteiger partial charge in [-0.2, -0.15) is 0 Å². The molecule has 0 radical (unpaired) electrons. The molecule has 25 heavy (non-hydrogen) atoms. The fourth-order valence-corrected chi connectivity index (χ4v) is 2.60. The third-order valence-corrected chi connectivity index (χ3v) is 3.83. The lowest BCUT2D eigenvalue weighted by Crippen LogP contribution is -2.37. The first-order valence-electron chi connectivity index (χ1n) is 8.68. The molecule has 0 aliphatic carbocycles. The van der Waals surface area contributed by atoms with Crippen LogP contribution in [-0.4, -0.2) is 36.3 Å². The van der Waals surface area contributed by atoms with Gasteiger partial charge in [0.25, 0.3) is 5.91 Å². The summed E-state index contributed by atoms with van der Waals surface area (Å²) in [6, 6.07) is 11.7. The monoisotopic (exact) mass is 342 g/mol. The zero-order valence-corrected chi connectivity index (χ0v) is 14.9. The van der Waals surface area contributed by atoms with Gasteiger partial charge in [-0.05, 0) is 24.0 Å². The number of nitrogens with one attached hydrogen (secondary N) is 1. The molecule has 0 spiro atoms. The Kier molecular flexibility index (Phi) is 7.26. The van der Waals surface area contributed by atoms with Crippen LogP contribution >= 0.6 is 0 Å². The van der Waals surface area contributed by atoms with E-state index in [1.807, 2.05) is 30.3 Å². The summed E-state index contributed by atoms with van der Waals surface area (Å²) in [5.74, 6) is 0.196. The van der Waals surface area contributed by atoms with Crippen LogP contribution in [0, 0.1) is 5.92 Å². The molecule has 2 rings (SSSR count). The maximum atomic E-state index is 12.5. The highest BCUT2D eigenvalue weighted by atomic mass is 16.3. The van der Waals surface area contributed by atoms with Crippen molar-refractivity contribution >= 4 is 11.8 Å². The van der Waals surface area contributed by atoms with Crippen molar-refractivity contribution in [2.24, 2.45) is 5.92 Å². The lowest BCUT2D eigenvalue weighted by atomic mass is 10.1. The molecular formula is C20H26N2O3. The molecule has 0 aliphatic heterocycles. The van der Waals surface area contributed by atoms with Gasteiger partial charge in [0.2, 0.25) is 5.91 Å². The highest BCUT2D eigenvalue weighted by molar-refractivity contribution is 5.94. The molecule has 2 amide bonds. The third kappa shape index (κ3) is 6.45. The molecule has 1 aromatic heterocycles. The Morgan fingerprint density at radius 3 is 2.56 bits per heavy atom. The maximum absolute atomic E-state index is 12.5. The third-order valence-electron chi connectivity index (χ3n) is 3.83. The van der Waals surface area contributed by atoms with Crippen molar-refractivity contribution < 1.29 is 14.0 Å². The molecule has 0 atom stereocenters. The first-order chi connectivity index (χ1) is 12.1. The largest absolute Gasteiger partial charge is 0.472 e. The van der Waals surface area contributed by atoms with E-state index in [-0.39, 0.29) is 11.8 Å². The van der Waals surface area contributed by atoms with Gasteiger partial charge in [-0.3, -0.25) is 9.59 Å². The van der Waals surface area contributed by atoms with Crippen LogP contribution in [0.1, 0.15) is 36.2 Å². The van der Waals surface area contributed by atoms with Gasteiger partial charge in [-0.1, -0.05) is 44.2 Å². The van der Waals surface area contributed by atoms with Gasteiger partial charge in [0.1, 0.15) is 6.26 Å². The van der Waals surface area contributed by atoms with Crippen LogP contribution in [0.2, 0.25) is 0 Å². The minimum absolute atomic E-state index is 0.0373. The molecule has 5 heteroatoms. The lowest BCUT2D eigenvalue weighted by molar-refractivity contribution is -0.121. The SMILES string of the molecule is CC(C)CN(CCC(=O)NCCc1ccccc1)C(=O)c1ccoc1. The summed E-state index contributed by atoms with van der Waals surface area (Å²) in [4.78, 5) is 26.3. The van der Waals surface area contributed by atoms with Crippen molar-refractivity contribution in [2.75, 3.05) is 19.6 Å². The number of hydrogen-bond donors (Lipinski definition) is 1. The van der Waals surface area contributed by atoms with Crippen molar-refractivity contribution in [2.45, 2.75) is 26.7 Å². The van der Waals surface area contributed by atoms with E-state index in [2.05, 4.69) is 19.2 Å². The second kappa shape index (κ2) is 9.67. The van der Waals surface area contributed by atoms with Gasteiger partial charge in [0.15, 0.2) is 0 Å². The average Bonchev–Trinajstić information content (AvgIpc) is 3.13. The number of amides is 2. The van der Waals surface area contributed by atoms with E-state index in [0.29, 0.717) is 37.5 Å². The van der Waals surface area contributed by atoms with Crippen LogP contribution in [0.15, 0.2) is 53.3 Å². The Bertz CT molecular complexity index is 651. The summed E-state index contributed by atoms with van der Waals surface area (Å²) in [5, 5.41) is 2.92. The van der Waals surface area contributed by atoms with E-state index in [1.54, 1.807) is 11.0 Å².